The molecule has 0 fully saturated rings. The molecule has 4 nitrogen and oxygen atoms in total. The van der Waals surface area contributed by atoms with Gasteiger partial charge in [-0.2, -0.15) is 5.26 Å². The smallest absolute Gasteiger partial charge is 0.141 e. The maximum atomic E-state index is 13.4. The first-order chi connectivity index (χ1) is 11.1. The third-order valence-corrected chi connectivity index (χ3v) is 3.65. The van der Waals surface area contributed by atoms with Crippen molar-refractivity contribution in [3.05, 3.63) is 60.1 Å². The van der Waals surface area contributed by atoms with Crippen LogP contribution in [0.15, 0.2) is 42.7 Å². The Labute approximate surface area is 129 Å². The van der Waals surface area contributed by atoms with E-state index in [-0.39, 0.29) is 0 Å². The van der Waals surface area contributed by atoms with Crippen molar-refractivity contribution in [2.75, 3.05) is 0 Å². The van der Waals surface area contributed by atoms with Crippen LogP contribution in [0.4, 0.5) is 8.78 Å². The van der Waals surface area contributed by atoms with Crippen molar-refractivity contribution < 1.29 is 8.78 Å². The Morgan fingerprint density at radius 1 is 0.870 bits per heavy atom. The van der Waals surface area contributed by atoms with Crippen molar-refractivity contribution in [1.82, 2.24) is 15.0 Å². The van der Waals surface area contributed by atoms with Crippen molar-refractivity contribution in [1.29, 1.82) is 5.26 Å². The Morgan fingerprint density at radius 3 is 2.39 bits per heavy atom. The number of halogens is 2. The van der Waals surface area contributed by atoms with E-state index in [9.17, 15) is 8.78 Å². The highest BCUT2D eigenvalue weighted by Crippen LogP contribution is 2.29. The number of nitrogens with one attached hydrogen (secondary N) is 1. The summed E-state index contributed by atoms with van der Waals surface area (Å²) >= 11 is 0. The number of benzene rings is 1. The maximum absolute atomic E-state index is 13.4. The first kappa shape index (κ1) is 13.3. The van der Waals surface area contributed by atoms with E-state index in [1.165, 1.54) is 12.1 Å². The molecule has 6 heteroatoms. The van der Waals surface area contributed by atoms with Gasteiger partial charge < -0.3 is 4.98 Å². The molecule has 4 aromatic rings. The summed E-state index contributed by atoms with van der Waals surface area (Å²) in [6, 6.07) is 8.77. The first-order valence-corrected chi connectivity index (χ1v) is 6.78. The van der Waals surface area contributed by atoms with Crippen LogP contribution in [0.1, 0.15) is 5.69 Å². The molecule has 0 saturated heterocycles. The van der Waals surface area contributed by atoms with E-state index < -0.39 is 11.6 Å². The van der Waals surface area contributed by atoms with Gasteiger partial charge in [0, 0.05) is 28.6 Å². The monoisotopic (exact) mass is 306 g/mol. The number of pyridine rings is 2. The van der Waals surface area contributed by atoms with Crippen LogP contribution in [-0.2, 0) is 0 Å². The molecule has 0 atom stereocenters. The molecular weight excluding hydrogens is 298 g/mol. The van der Waals surface area contributed by atoms with Crippen LogP contribution >= 0.6 is 0 Å². The molecule has 3 aromatic heterocycles. The van der Waals surface area contributed by atoms with Crippen LogP contribution in [-0.4, -0.2) is 15.0 Å². The summed E-state index contributed by atoms with van der Waals surface area (Å²) in [5.74, 6) is -1.29. The molecule has 0 spiro atoms. The highest BCUT2D eigenvalue weighted by atomic mass is 19.1. The molecule has 110 valence electrons. The highest BCUT2D eigenvalue weighted by Gasteiger charge is 2.10. The highest BCUT2D eigenvalue weighted by molar-refractivity contribution is 6.06. The molecule has 0 aliphatic heterocycles. The van der Waals surface area contributed by atoms with Gasteiger partial charge in [0.25, 0.3) is 0 Å². The molecule has 0 radical (unpaired) electrons. The molecule has 3 heterocycles. The quantitative estimate of drug-likeness (QED) is 0.579. The van der Waals surface area contributed by atoms with Crippen LogP contribution in [0.2, 0.25) is 0 Å². The summed E-state index contributed by atoms with van der Waals surface area (Å²) in [4.78, 5) is 11.4. The minimum atomic E-state index is -0.644. The zero-order chi connectivity index (χ0) is 16.0. The molecule has 0 saturated carbocycles. The molecule has 0 bridgehead atoms. The second-order valence-corrected chi connectivity index (χ2v) is 5.13. The normalized spacial score (nSPS) is 11.0. The Bertz CT molecular complexity index is 1090. The van der Waals surface area contributed by atoms with E-state index in [4.69, 9.17) is 5.26 Å². The molecule has 0 unspecified atom stereocenters. The molecule has 1 N–H and O–H groups in total. The standard InChI is InChI=1S/C17H8F2N4/c18-11-1-9(2-12(19)4-11)10-3-15-14-5-13(6-20)21-8-16(14)23-17(15)22-7-10/h1-5,7-8H,(H,22,23). The average molecular weight is 306 g/mol. The van der Waals surface area contributed by atoms with Crippen LogP contribution in [0.5, 0.6) is 0 Å². The minimum absolute atomic E-state index is 0.292. The SMILES string of the molecule is N#Cc1cc2c(cn1)[nH]c1ncc(-c3cc(F)cc(F)c3)cc12. The van der Waals surface area contributed by atoms with E-state index in [0.717, 1.165) is 22.4 Å². The van der Waals surface area contributed by atoms with Crippen LogP contribution < -0.4 is 0 Å². The maximum Gasteiger partial charge on any atom is 0.141 e. The summed E-state index contributed by atoms with van der Waals surface area (Å²) in [5.41, 5.74) is 2.65. The number of hydrogen-bond donors (Lipinski definition) is 1. The van der Waals surface area contributed by atoms with Gasteiger partial charge in [0.2, 0.25) is 0 Å². The Kier molecular flexibility index (Phi) is 2.81. The lowest BCUT2D eigenvalue weighted by Crippen LogP contribution is -1.86. The van der Waals surface area contributed by atoms with Crippen molar-refractivity contribution >= 4 is 21.9 Å². The van der Waals surface area contributed by atoms with Crippen LogP contribution in [0, 0.1) is 23.0 Å². The third-order valence-electron chi connectivity index (χ3n) is 3.65. The number of rotatable bonds is 1. The Balaban J connectivity index is 1.99. The van der Waals surface area contributed by atoms with Gasteiger partial charge >= 0.3 is 0 Å². The van der Waals surface area contributed by atoms with E-state index in [0.29, 0.717) is 22.5 Å². The lowest BCUT2D eigenvalue weighted by atomic mass is 10.1. The summed E-state index contributed by atoms with van der Waals surface area (Å²) in [7, 11) is 0. The largest absolute Gasteiger partial charge is 0.338 e. The molecule has 23 heavy (non-hydrogen) atoms. The molecular formula is C17H8F2N4. The second-order valence-electron chi connectivity index (χ2n) is 5.13. The number of aromatic amines is 1. The Hall–Kier alpha value is -3.33. The predicted molar refractivity (Wildman–Crippen MR) is 81.5 cm³/mol. The zero-order valence-corrected chi connectivity index (χ0v) is 11.6. The molecule has 0 amide bonds. The number of nitrogens with zero attached hydrogens (tertiary/aromatic N) is 3. The van der Waals surface area contributed by atoms with Gasteiger partial charge in [0.15, 0.2) is 0 Å². The van der Waals surface area contributed by atoms with Crippen molar-refractivity contribution in [3.8, 4) is 17.2 Å². The van der Waals surface area contributed by atoms with Gasteiger partial charge in [-0.3, -0.25) is 0 Å². The molecule has 1 aromatic carbocycles. The number of fused-ring (bicyclic) bond motifs is 3. The number of hydrogen-bond acceptors (Lipinski definition) is 3. The number of aromatic nitrogens is 3. The Morgan fingerprint density at radius 2 is 1.65 bits per heavy atom. The lowest BCUT2D eigenvalue weighted by Gasteiger charge is -2.02. The fourth-order valence-corrected chi connectivity index (χ4v) is 2.61. The van der Waals surface area contributed by atoms with Gasteiger partial charge in [-0.1, -0.05) is 0 Å². The lowest BCUT2D eigenvalue weighted by molar-refractivity contribution is 0.584. The van der Waals surface area contributed by atoms with E-state index in [1.54, 1.807) is 24.5 Å². The predicted octanol–water partition coefficient (Wildman–Crippen LogP) is 3.93. The van der Waals surface area contributed by atoms with E-state index in [1.807, 2.05) is 6.07 Å². The average Bonchev–Trinajstić information content (AvgIpc) is 2.90. The summed E-state index contributed by atoms with van der Waals surface area (Å²) in [6.07, 6.45) is 3.11. The fraction of sp³-hybridized carbons (Fsp3) is 0. The van der Waals surface area contributed by atoms with E-state index >= 15 is 0 Å². The molecule has 0 aliphatic rings. The van der Waals surface area contributed by atoms with Gasteiger partial charge in [0.1, 0.15) is 29.0 Å². The molecule has 0 aliphatic carbocycles. The van der Waals surface area contributed by atoms with Gasteiger partial charge in [-0.15, -0.1) is 0 Å². The summed E-state index contributed by atoms with van der Waals surface area (Å²) in [6.45, 7) is 0. The number of H-pyrrole nitrogens is 1. The van der Waals surface area contributed by atoms with Gasteiger partial charge in [-0.05, 0) is 29.8 Å². The van der Waals surface area contributed by atoms with Crippen molar-refractivity contribution in [3.63, 3.8) is 0 Å². The number of nitriles is 1. The van der Waals surface area contributed by atoms with Crippen LogP contribution in [0.3, 0.4) is 0 Å². The van der Waals surface area contributed by atoms with Crippen LogP contribution in [0.25, 0.3) is 33.1 Å². The van der Waals surface area contributed by atoms with Crippen molar-refractivity contribution in [2.24, 2.45) is 0 Å². The topological polar surface area (TPSA) is 65.4 Å². The molecule has 4 rings (SSSR count). The van der Waals surface area contributed by atoms with E-state index in [2.05, 4.69) is 15.0 Å². The summed E-state index contributed by atoms with van der Waals surface area (Å²) in [5, 5.41) is 10.5. The minimum Gasteiger partial charge on any atom is -0.338 e. The summed E-state index contributed by atoms with van der Waals surface area (Å²) < 4.78 is 26.8. The zero-order valence-electron chi connectivity index (χ0n) is 11.6. The fourth-order valence-electron chi connectivity index (χ4n) is 2.61. The second kappa shape index (κ2) is 4.85. The first-order valence-electron chi connectivity index (χ1n) is 6.78. The van der Waals surface area contributed by atoms with Crippen molar-refractivity contribution in [2.45, 2.75) is 0 Å². The van der Waals surface area contributed by atoms with Gasteiger partial charge in [-0.25, -0.2) is 18.7 Å². The third kappa shape index (κ3) is 2.19. The van der Waals surface area contributed by atoms with Gasteiger partial charge in [0.05, 0.1) is 11.7 Å².